The Morgan fingerprint density at radius 1 is 0.839 bits per heavy atom. The molecule has 0 aliphatic carbocycles. The summed E-state index contributed by atoms with van der Waals surface area (Å²) in [7, 11) is 0. The van der Waals surface area contributed by atoms with Crippen LogP contribution in [-0.2, 0) is 4.79 Å². The van der Waals surface area contributed by atoms with Crippen molar-refractivity contribution in [1.82, 2.24) is 9.80 Å². The van der Waals surface area contributed by atoms with Gasteiger partial charge in [0.2, 0.25) is 5.91 Å². The number of nitrogens with zero attached hydrogens (tertiary/aromatic N) is 2. The molecule has 3 amide bonds. The van der Waals surface area contributed by atoms with E-state index in [-0.39, 0.29) is 11.8 Å². The second-order valence-electron chi connectivity index (χ2n) is 8.02. The number of benzene rings is 2. The third-order valence-electron chi connectivity index (χ3n) is 5.50. The molecule has 0 aromatic heterocycles. The second-order valence-corrected chi connectivity index (χ2v) is 9.40. The Balaban J connectivity index is 1.64. The standard InChI is InChI=1S/C24H29N3O3S/c1-16(2)18-8-10-19(11-9-18)23(29)26-12-14-27(15-13-26)24(30)20-6-4-5-7-21(20)31-17(3)22(25)28/h4-11,16-17H,12-15H2,1-3H3,(H2,25,28)/t17-/m1/s1. The topological polar surface area (TPSA) is 83.7 Å². The van der Waals surface area contributed by atoms with E-state index in [0.717, 1.165) is 4.90 Å². The van der Waals surface area contributed by atoms with E-state index in [0.29, 0.717) is 43.2 Å². The maximum atomic E-state index is 13.1. The number of hydrogen-bond acceptors (Lipinski definition) is 4. The van der Waals surface area contributed by atoms with Crippen LogP contribution in [-0.4, -0.2) is 59.0 Å². The molecule has 2 N–H and O–H groups in total. The minimum atomic E-state index is -0.425. The zero-order chi connectivity index (χ0) is 22.5. The van der Waals surface area contributed by atoms with Gasteiger partial charge in [0.25, 0.3) is 11.8 Å². The van der Waals surface area contributed by atoms with Crippen LogP contribution >= 0.6 is 11.8 Å². The molecule has 164 valence electrons. The second kappa shape index (κ2) is 10.0. The quantitative estimate of drug-likeness (QED) is 0.700. The molecule has 2 aromatic rings. The minimum absolute atomic E-state index is 0.00589. The molecule has 1 heterocycles. The molecule has 1 saturated heterocycles. The summed E-state index contributed by atoms with van der Waals surface area (Å²) in [6.07, 6.45) is 0. The fourth-order valence-electron chi connectivity index (χ4n) is 3.47. The van der Waals surface area contributed by atoms with Crippen molar-refractivity contribution in [2.24, 2.45) is 5.73 Å². The Labute approximate surface area is 187 Å². The lowest BCUT2D eigenvalue weighted by Gasteiger charge is -2.35. The zero-order valence-electron chi connectivity index (χ0n) is 18.2. The van der Waals surface area contributed by atoms with Crippen molar-refractivity contribution in [3.05, 3.63) is 65.2 Å². The van der Waals surface area contributed by atoms with Crippen LogP contribution in [0.4, 0.5) is 0 Å². The van der Waals surface area contributed by atoms with Gasteiger partial charge in [0.05, 0.1) is 10.8 Å². The van der Waals surface area contributed by atoms with Gasteiger partial charge < -0.3 is 15.5 Å². The summed E-state index contributed by atoms with van der Waals surface area (Å²) in [6.45, 7) is 7.90. The molecule has 0 saturated carbocycles. The third-order valence-corrected chi connectivity index (χ3v) is 6.70. The molecule has 31 heavy (non-hydrogen) atoms. The van der Waals surface area contributed by atoms with E-state index in [1.165, 1.54) is 17.3 Å². The molecule has 3 rings (SSSR count). The summed E-state index contributed by atoms with van der Waals surface area (Å²) in [5.41, 5.74) is 7.81. The lowest BCUT2D eigenvalue weighted by Crippen LogP contribution is -2.50. The molecule has 0 radical (unpaired) electrons. The van der Waals surface area contributed by atoms with Crippen molar-refractivity contribution >= 4 is 29.5 Å². The van der Waals surface area contributed by atoms with E-state index in [2.05, 4.69) is 13.8 Å². The van der Waals surface area contributed by atoms with Gasteiger partial charge in [-0.3, -0.25) is 14.4 Å². The van der Waals surface area contributed by atoms with Gasteiger partial charge in [-0.25, -0.2) is 0 Å². The van der Waals surface area contributed by atoms with Gasteiger partial charge >= 0.3 is 0 Å². The molecule has 6 nitrogen and oxygen atoms in total. The predicted octanol–water partition coefficient (Wildman–Crippen LogP) is 3.37. The number of carbonyl (C=O) groups excluding carboxylic acids is 3. The highest BCUT2D eigenvalue weighted by Gasteiger charge is 2.27. The van der Waals surface area contributed by atoms with Crippen LogP contribution in [0.2, 0.25) is 0 Å². The van der Waals surface area contributed by atoms with E-state index in [9.17, 15) is 14.4 Å². The van der Waals surface area contributed by atoms with Gasteiger partial charge in [0, 0.05) is 36.6 Å². The van der Waals surface area contributed by atoms with Gasteiger partial charge in [-0.05, 0) is 42.7 Å². The van der Waals surface area contributed by atoms with Crippen molar-refractivity contribution in [2.45, 2.75) is 36.8 Å². The average Bonchev–Trinajstić information content (AvgIpc) is 2.78. The summed E-state index contributed by atoms with van der Waals surface area (Å²) in [5, 5.41) is -0.425. The normalized spacial score (nSPS) is 15.1. The summed E-state index contributed by atoms with van der Waals surface area (Å²) in [6, 6.07) is 15.0. The third kappa shape index (κ3) is 5.47. The van der Waals surface area contributed by atoms with Crippen LogP contribution in [0, 0.1) is 0 Å². The van der Waals surface area contributed by atoms with Crippen LogP contribution in [0.15, 0.2) is 53.4 Å². The van der Waals surface area contributed by atoms with Gasteiger partial charge in [0.15, 0.2) is 0 Å². The predicted molar refractivity (Wildman–Crippen MR) is 123 cm³/mol. The van der Waals surface area contributed by atoms with Crippen LogP contribution in [0.3, 0.4) is 0 Å². The minimum Gasteiger partial charge on any atom is -0.369 e. The van der Waals surface area contributed by atoms with Crippen molar-refractivity contribution < 1.29 is 14.4 Å². The molecular formula is C24H29N3O3S. The number of carbonyl (C=O) groups is 3. The molecule has 0 bridgehead atoms. The Bertz CT molecular complexity index is 951. The summed E-state index contributed by atoms with van der Waals surface area (Å²) in [5.74, 6) is -0.0895. The van der Waals surface area contributed by atoms with Crippen LogP contribution in [0.25, 0.3) is 0 Å². The molecule has 2 aromatic carbocycles. The van der Waals surface area contributed by atoms with Crippen molar-refractivity contribution in [3.63, 3.8) is 0 Å². The highest BCUT2D eigenvalue weighted by Crippen LogP contribution is 2.28. The van der Waals surface area contributed by atoms with Gasteiger partial charge in [-0.2, -0.15) is 0 Å². The fourth-order valence-corrected chi connectivity index (χ4v) is 4.41. The molecule has 1 aliphatic heterocycles. The first kappa shape index (κ1) is 22.9. The van der Waals surface area contributed by atoms with Gasteiger partial charge in [-0.15, -0.1) is 11.8 Å². The molecule has 1 atom stereocenters. The summed E-state index contributed by atoms with van der Waals surface area (Å²) in [4.78, 5) is 41.7. The fraction of sp³-hybridized carbons (Fsp3) is 0.375. The zero-order valence-corrected chi connectivity index (χ0v) is 19.0. The number of thioether (sulfide) groups is 1. The Hall–Kier alpha value is -2.80. The number of hydrogen-bond donors (Lipinski definition) is 1. The van der Waals surface area contributed by atoms with Crippen LogP contribution in [0.5, 0.6) is 0 Å². The number of amides is 3. The average molecular weight is 440 g/mol. The first-order chi connectivity index (χ1) is 14.8. The molecule has 1 fully saturated rings. The maximum Gasteiger partial charge on any atom is 0.255 e. The number of nitrogens with two attached hydrogens (primary N) is 1. The lowest BCUT2D eigenvalue weighted by atomic mass is 10.0. The Morgan fingerprint density at radius 3 is 1.94 bits per heavy atom. The maximum absolute atomic E-state index is 13.1. The molecule has 7 heteroatoms. The monoisotopic (exact) mass is 439 g/mol. The first-order valence-corrected chi connectivity index (χ1v) is 11.4. The Morgan fingerprint density at radius 2 is 1.39 bits per heavy atom. The van der Waals surface area contributed by atoms with E-state index in [1.54, 1.807) is 22.8 Å². The van der Waals surface area contributed by atoms with Gasteiger partial charge in [-0.1, -0.05) is 38.1 Å². The van der Waals surface area contributed by atoms with Gasteiger partial charge in [0.1, 0.15) is 0 Å². The largest absolute Gasteiger partial charge is 0.369 e. The van der Waals surface area contributed by atoms with Crippen LogP contribution < -0.4 is 5.73 Å². The highest BCUT2D eigenvalue weighted by atomic mass is 32.2. The first-order valence-electron chi connectivity index (χ1n) is 10.5. The number of primary amides is 1. The molecule has 0 spiro atoms. The van der Waals surface area contributed by atoms with Crippen LogP contribution in [0.1, 0.15) is 53.0 Å². The van der Waals surface area contributed by atoms with Crippen molar-refractivity contribution in [1.29, 1.82) is 0 Å². The number of piperazine rings is 1. The van der Waals surface area contributed by atoms with E-state index in [4.69, 9.17) is 5.73 Å². The molecular weight excluding hydrogens is 410 g/mol. The lowest BCUT2D eigenvalue weighted by molar-refractivity contribution is -0.117. The van der Waals surface area contributed by atoms with E-state index >= 15 is 0 Å². The number of rotatable bonds is 6. The van der Waals surface area contributed by atoms with E-state index < -0.39 is 11.2 Å². The smallest absolute Gasteiger partial charge is 0.255 e. The molecule has 1 aliphatic rings. The SMILES string of the molecule is CC(C)c1ccc(C(=O)N2CCN(C(=O)c3ccccc3S[C@H](C)C(N)=O)CC2)cc1. The highest BCUT2D eigenvalue weighted by molar-refractivity contribution is 8.00. The summed E-state index contributed by atoms with van der Waals surface area (Å²) < 4.78 is 0. The Kier molecular flexibility index (Phi) is 7.38. The van der Waals surface area contributed by atoms with E-state index in [1.807, 2.05) is 42.5 Å². The van der Waals surface area contributed by atoms with Crippen molar-refractivity contribution in [2.75, 3.05) is 26.2 Å². The molecule has 0 unspecified atom stereocenters. The van der Waals surface area contributed by atoms with Crippen molar-refractivity contribution in [3.8, 4) is 0 Å². The summed E-state index contributed by atoms with van der Waals surface area (Å²) >= 11 is 1.29.